The van der Waals surface area contributed by atoms with Crippen molar-refractivity contribution in [1.82, 2.24) is 5.32 Å². The summed E-state index contributed by atoms with van der Waals surface area (Å²) in [5.41, 5.74) is 1.45. The molecule has 0 aromatic carbocycles. The van der Waals surface area contributed by atoms with Crippen LogP contribution in [0.5, 0.6) is 0 Å². The van der Waals surface area contributed by atoms with Crippen LogP contribution in [0.3, 0.4) is 0 Å². The third-order valence-electron chi connectivity index (χ3n) is 2.44. The molecule has 0 aromatic rings. The van der Waals surface area contributed by atoms with Crippen molar-refractivity contribution >= 4 is 0 Å². The van der Waals surface area contributed by atoms with Gasteiger partial charge < -0.3 is 10.1 Å². The van der Waals surface area contributed by atoms with Gasteiger partial charge >= 0.3 is 0 Å². The fourth-order valence-corrected chi connectivity index (χ4v) is 1.79. The van der Waals surface area contributed by atoms with Gasteiger partial charge in [0.2, 0.25) is 0 Å². The summed E-state index contributed by atoms with van der Waals surface area (Å²) in [4.78, 5) is 0. The van der Waals surface area contributed by atoms with Crippen LogP contribution in [0.4, 0.5) is 0 Å². The SMILES string of the molecule is CCCC(NCC)C1=COCCC1. The van der Waals surface area contributed by atoms with Crippen molar-refractivity contribution in [3.05, 3.63) is 11.8 Å². The average Bonchev–Trinajstić information content (AvgIpc) is 2.19. The largest absolute Gasteiger partial charge is 0.501 e. The van der Waals surface area contributed by atoms with Gasteiger partial charge in [0.1, 0.15) is 0 Å². The van der Waals surface area contributed by atoms with E-state index in [1.165, 1.54) is 31.3 Å². The molecule has 0 fully saturated rings. The Hall–Kier alpha value is -0.500. The Morgan fingerprint density at radius 2 is 2.38 bits per heavy atom. The number of hydrogen-bond donors (Lipinski definition) is 1. The van der Waals surface area contributed by atoms with Gasteiger partial charge in [-0.1, -0.05) is 20.3 Å². The third-order valence-corrected chi connectivity index (χ3v) is 2.44. The molecule has 0 bridgehead atoms. The van der Waals surface area contributed by atoms with E-state index in [1.807, 2.05) is 6.26 Å². The first-order valence-electron chi connectivity index (χ1n) is 5.42. The Bertz CT molecular complexity index is 159. The molecule has 1 aliphatic rings. The Morgan fingerprint density at radius 1 is 1.54 bits per heavy atom. The molecular weight excluding hydrogens is 162 g/mol. The van der Waals surface area contributed by atoms with Gasteiger partial charge in [-0.25, -0.2) is 0 Å². The molecule has 76 valence electrons. The van der Waals surface area contributed by atoms with Gasteiger partial charge in [-0.2, -0.15) is 0 Å². The molecular formula is C11H21NO. The minimum absolute atomic E-state index is 0.551. The lowest BCUT2D eigenvalue weighted by atomic mass is 9.98. The fourth-order valence-electron chi connectivity index (χ4n) is 1.79. The minimum Gasteiger partial charge on any atom is -0.501 e. The first-order valence-corrected chi connectivity index (χ1v) is 5.42. The summed E-state index contributed by atoms with van der Waals surface area (Å²) >= 11 is 0. The van der Waals surface area contributed by atoms with E-state index in [0.717, 1.165) is 13.2 Å². The summed E-state index contributed by atoms with van der Waals surface area (Å²) in [6.45, 7) is 6.33. The number of hydrogen-bond acceptors (Lipinski definition) is 2. The molecule has 0 saturated heterocycles. The molecule has 0 aromatic heterocycles. The van der Waals surface area contributed by atoms with Gasteiger partial charge in [-0.3, -0.25) is 0 Å². The maximum absolute atomic E-state index is 5.35. The van der Waals surface area contributed by atoms with E-state index in [0.29, 0.717) is 6.04 Å². The number of nitrogens with one attached hydrogen (secondary N) is 1. The Balaban J connectivity index is 2.46. The lowest BCUT2D eigenvalue weighted by Gasteiger charge is -2.23. The Labute approximate surface area is 81.4 Å². The molecule has 13 heavy (non-hydrogen) atoms. The highest BCUT2D eigenvalue weighted by atomic mass is 16.5. The van der Waals surface area contributed by atoms with Gasteiger partial charge in [-0.15, -0.1) is 0 Å². The second-order valence-electron chi connectivity index (χ2n) is 3.57. The highest BCUT2D eigenvalue weighted by Gasteiger charge is 2.14. The summed E-state index contributed by atoms with van der Waals surface area (Å²) in [7, 11) is 0. The Kier molecular flexibility index (Phi) is 4.91. The van der Waals surface area contributed by atoms with Crippen LogP contribution >= 0.6 is 0 Å². The molecule has 1 heterocycles. The molecule has 0 spiro atoms. The van der Waals surface area contributed by atoms with Crippen LogP contribution in [-0.4, -0.2) is 19.2 Å². The van der Waals surface area contributed by atoms with Crippen LogP contribution in [0.15, 0.2) is 11.8 Å². The molecule has 1 atom stereocenters. The van der Waals surface area contributed by atoms with E-state index in [-0.39, 0.29) is 0 Å². The molecule has 0 saturated carbocycles. The zero-order valence-electron chi connectivity index (χ0n) is 8.81. The first kappa shape index (κ1) is 10.6. The van der Waals surface area contributed by atoms with Crippen LogP contribution in [0.1, 0.15) is 39.5 Å². The summed E-state index contributed by atoms with van der Waals surface area (Å²) in [6.07, 6.45) is 6.81. The number of rotatable bonds is 5. The monoisotopic (exact) mass is 183 g/mol. The zero-order valence-corrected chi connectivity index (χ0v) is 8.81. The van der Waals surface area contributed by atoms with Gasteiger partial charge in [0.15, 0.2) is 0 Å². The van der Waals surface area contributed by atoms with Gasteiger partial charge in [0.05, 0.1) is 12.9 Å². The van der Waals surface area contributed by atoms with Crippen LogP contribution in [0.25, 0.3) is 0 Å². The van der Waals surface area contributed by atoms with Crippen LogP contribution in [-0.2, 0) is 4.74 Å². The van der Waals surface area contributed by atoms with Crippen molar-refractivity contribution in [2.24, 2.45) is 0 Å². The highest BCUT2D eigenvalue weighted by molar-refractivity contribution is 5.09. The Morgan fingerprint density at radius 3 is 2.92 bits per heavy atom. The predicted octanol–water partition coefficient (Wildman–Crippen LogP) is 2.46. The smallest absolute Gasteiger partial charge is 0.0876 e. The highest BCUT2D eigenvalue weighted by Crippen LogP contribution is 2.18. The standard InChI is InChI=1S/C11H21NO/c1-3-6-11(12-4-2)10-7-5-8-13-9-10/h9,11-12H,3-8H2,1-2H3. The maximum atomic E-state index is 5.35. The molecule has 2 nitrogen and oxygen atoms in total. The van der Waals surface area contributed by atoms with E-state index in [4.69, 9.17) is 4.74 Å². The molecule has 1 N–H and O–H groups in total. The molecule has 0 amide bonds. The molecule has 0 radical (unpaired) electrons. The number of ether oxygens (including phenoxy) is 1. The quantitative estimate of drug-likeness (QED) is 0.707. The van der Waals surface area contributed by atoms with Crippen LogP contribution in [0, 0.1) is 0 Å². The predicted molar refractivity (Wildman–Crippen MR) is 55.6 cm³/mol. The fraction of sp³-hybridized carbons (Fsp3) is 0.818. The summed E-state index contributed by atoms with van der Waals surface area (Å²) in [6, 6.07) is 0.551. The average molecular weight is 183 g/mol. The zero-order chi connectivity index (χ0) is 9.52. The van der Waals surface area contributed by atoms with Crippen molar-refractivity contribution in [2.75, 3.05) is 13.2 Å². The van der Waals surface area contributed by atoms with Crippen molar-refractivity contribution in [1.29, 1.82) is 0 Å². The topological polar surface area (TPSA) is 21.3 Å². The molecule has 1 unspecified atom stereocenters. The summed E-state index contributed by atoms with van der Waals surface area (Å²) < 4.78 is 5.35. The van der Waals surface area contributed by atoms with E-state index in [1.54, 1.807) is 0 Å². The van der Waals surface area contributed by atoms with E-state index >= 15 is 0 Å². The second kappa shape index (κ2) is 6.03. The molecule has 1 aliphatic heterocycles. The van der Waals surface area contributed by atoms with Gasteiger partial charge in [-0.05, 0) is 31.4 Å². The first-order chi connectivity index (χ1) is 6.38. The second-order valence-corrected chi connectivity index (χ2v) is 3.57. The third kappa shape index (κ3) is 3.39. The van der Waals surface area contributed by atoms with Crippen LogP contribution in [0.2, 0.25) is 0 Å². The van der Waals surface area contributed by atoms with Crippen molar-refractivity contribution in [3.8, 4) is 0 Å². The normalized spacial score (nSPS) is 19.1. The van der Waals surface area contributed by atoms with Crippen molar-refractivity contribution < 1.29 is 4.74 Å². The van der Waals surface area contributed by atoms with Crippen molar-refractivity contribution in [2.45, 2.75) is 45.6 Å². The van der Waals surface area contributed by atoms with E-state index < -0.39 is 0 Å². The van der Waals surface area contributed by atoms with E-state index in [2.05, 4.69) is 19.2 Å². The lowest BCUT2D eigenvalue weighted by molar-refractivity contribution is 0.218. The van der Waals surface area contributed by atoms with Gasteiger partial charge in [0.25, 0.3) is 0 Å². The summed E-state index contributed by atoms with van der Waals surface area (Å²) in [5.74, 6) is 0. The number of likely N-dealkylation sites (N-methyl/N-ethyl adjacent to an activating group) is 1. The maximum Gasteiger partial charge on any atom is 0.0876 e. The van der Waals surface area contributed by atoms with Crippen molar-refractivity contribution in [3.63, 3.8) is 0 Å². The lowest BCUT2D eigenvalue weighted by Crippen LogP contribution is -2.31. The molecule has 2 heteroatoms. The molecule has 1 rings (SSSR count). The summed E-state index contributed by atoms with van der Waals surface area (Å²) in [5, 5.41) is 3.50. The molecule has 0 aliphatic carbocycles. The van der Waals surface area contributed by atoms with Gasteiger partial charge in [0, 0.05) is 6.04 Å². The van der Waals surface area contributed by atoms with Crippen LogP contribution < -0.4 is 5.32 Å². The van der Waals surface area contributed by atoms with E-state index in [9.17, 15) is 0 Å². The minimum atomic E-state index is 0.551.